The molecule has 0 bridgehead atoms. The Morgan fingerprint density at radius 3 is 2.82 bits per heavy atom. The SMILES string of the molecule is [N-]=[N+]=N[C@]1(CO)O[C@@H](n2ccc(N)n/c2=N\O)C(F)(F)[C@@H]1O. The zero-order valence-corrected chi connectivity index (χ0v) is 10.8. The smallest absolute Gasteiger partial charge is 0.320 e. The van der Waals surface area contributed by atoms with Crippen molar-refractivity contribution in [2.75, 3.05) is 12.3 Å². The number of azide groups is 1. The molecule has 0 aliphatic carbocycles. The van der Waals surface area contributed by atoms with Gasteiger partial charge in [-0.3, -0.25) is 4.57 Å². The summed E-state index contributed by atoms with van der Waals surface area (Å²) < 4.78 is 33.9. The molecule has 0 radical (unpaired) electrons. The van der Waals surface area contributed by atoms with Gasteiger partial charge in [0, 0.05) is 11.1 Å². The van der Waals surface area contributed by atoms with Crippen molar-refractivity contribution in [3.05, 3.63) is 28.3 Å². The van der Waals surface area contributed by atoms with Crippen molar-refractivity contribution in [2.45, 2.75) is 24.0 Å². The highest BCUT2D eigenvalue weighted by atomic mass is 19.3. The van der Waals surface area contributed by atoms with Gasteiger partial charge in [-0.15, -0.1) is 0 Å². The van der Waals surface area contributed by atoms with Crippen molar-refractivity contribution in [1.82, 2.24) is 9.55 Å². The number of anilines is 1. The number of alkyl halides is 2. The minimum absolute atomic E-state index is 0.116. The van der Waals surface area contributed by atoms with Crippen LogP contribution in [0.4, 0.5) is 14.6 Å². The molecule has 11 nitrogen and oxygen atoms in total. The quantitative estimate of drug-likeness (QED) is 0.188. The maximum atomic E-state index is 14.2. The number of hydrogen-bond donors (Lipinski definition) is 4. The molecule has 1 aromatic heterocycles. The number of nitrogen functional groups attached to an aromatic ring is 1. The lowest BCUT2D eigenvalue weighted by Gasteiger charge is -2.23. The molecule has 120 valence electrons. The van der Waals surface area contributed by atoms with Crippen molar-refractivity contribution in [3.8, 4) is 0 Å². The van der Waals surface area contributed by atoms with Crippen LogP contribution in [0.1, 0.15) is 6.23 Å². The highest BCUT2D eigenvalue weighted by Crippen LogP contribution is 2.48. The number of aliphatic hydroxyl groups is 2. The van der Waals surface area contributed by atoms with Gasteiger partial charge in [0.25, 0.3) is 5.62 Å². The third-order valence-electron chi connectivity index (χ3n) is 3.09. The van der Waals surface area contributed by atoms with Crippen molar-refractivity contribution >= 4 is 5.82 Å². The van der Waals surface area contributed by atoms with E-state index in [1.807, 2.05) is 0 Å². The number of aliphatic hydroxyl groups excluding tert-OH is 2. The Labute approximate surface area is 120 Å². The van der Waals surface area contributed by atoms with Gasteiger partial charge in [0.1, 0.15) is 5.82 Å². The van der Waals surface area contributed by atoms with E-state index in [0.29, 0.717) is 4.57 Å². The van der Waals surface area contributed by atoms with Crippen LogP contribution in [-0.4, -0.2) is 49.3 Å². The lowest BCUT2D eigenvalue weighted by atomic mass is 10.1. The van der Waals surface area contributed by atoms with E-state index in [-0.39, 0.29) is 5.82 Å². The highest BCUT2D eigenvalue weighted by Gasteiger charge is 2.66. The normalized spacial score (nSPS) is 31.0. The predicted molar refractivity (Wildman–Crippen MR) is 64.0 cm³/mol. The summed E-state index contributed by atoms with van der Waals surface area (Å²) in [6.07, 6.45) is -3.91. The fourth-order valence-electron chi connectivity index (χ4n) is 2.01. The summed E-state index contributed by atoms with van der Waals surface area (Å²) in [5, 5.41) is 33.3. The average molecular weight is 319 g/mol. The van der Waals surface area contributed by atoms with Crippen LogP contribution >= 0.6 is 0 Å². The molecule has 0 unspecified atom stereocenters. The molecule has 22 heavy (non-hydrogen) atoms. The van der Waals surface area contributed by atoms with Gasteiger partial charge in [-0.25, -0.2) is 0 Å². The second kappa shape index (κ2) is 5.38. The number of halogens is 2. The summed E-state index contributed by atoms with van der Waals surface area (Å²) in [7, 11) is 0. The molecule has 1 saturated heterocycles. The molecule has 1 aliphatic rings. The largest absolute Gasteiger partial charge is 0.408 e. The molecule has 1 aromatic rings. The Balaban J connectivity index is 2.60. The number of hydrogen-bond acceptors (Lipinski definition) is 8. The van der Waals surface area contributed by atoms with Crippen LogP contribution in [0.2, 0.25) is 0 Å². The minimum Gasteiger partial charge on any atom is -0.408 e. The molecular weight excluding hydrogens is 308 g/mol. The zero-order chi connectivity index (χ0) is 16.5. The summed E-state index contributed by atoms with van der Waals surface area (Å²) in [6, 6.07) is 1.12. The van der Waals surface area contributed by atoms with Gasteiger partial charge < -0.3 is 25.9 Å². The second-order valence-electron chi connectivity index (χ2n) is 4.40. The third-order valence-corrected chi connectivity index (χ3v) is 3.09. The second-order valence-corrected chi connectivity index (χ2v) is 4.40. The molecule has 13 heteroatoms. The van der Waals surface area contributed by atoms with Gasteiger partial charge in [0.15, 0.2) is 6.10 Å². The van der Waals surface area contributed by atoms with Gasteiger partial charge in [0.2, 0.25) is 12.0 Å². The van der Waals surface area contributed by atoms with Gasteiger partial charge in [-0.05, 0) is 16.8 Å². The van der Waals surface area contributed by atoms with Crippen LogP contribution in [0, 0.1) is 0 Å². The number of aromatic nitrogens is 2. The van der Waals surface area contributed by atoms with Gasteiger partial charge in [0.05, 0.1) is 6.61 Å². The first kappa shape index (κ1) is 15.9. The van der Waals surface area contributed by atoms with E-state index in [4.69, 9.17) is 21.2 Å². The molecule has 3 atom stereocenters. The van der Waals surface area contributed by atoms with Crippen molar-refractivity contribution in [1.29, 1.82) is 0 Å². The standard InChI is InChI=1S/C9H11F2N7O4/c10-9(11)5(20)8(3-19,16-17-13)22-6(9)18-2-1-4(12)14-7(18)15-21/h1-2,5-6,19-21H,3H2,(H2,12,14,15)/t5-,6-,8-/m1/s1. The zero-order valence-electron chi connectivity index (χ0n) is 10.8. The Hall–Kier alpha value is -2.47. The minimum atomic E-state index is -3.99. The molecule has 2 rings (SSSR count). The summed E-state index contributed by atoms with van der Waals surface area (Å²) >= 11 is 0. The van der Waals surface area contributed by atoms with E-state index in [1.165, 1.54) is 0 Å². The molecule has 5 N–H and O–H groups in total. The van der Waals surface area contributed by atoms with E-state index >= 15 is 0 Å². The van der Waals surface area contributed by atoms with E-state index in [2.05, 4.69) is 20.2 Å². The Morgan fingerprint density at radius 2 is 2.27 bits per heavy atom. The highest BCUT2D eigenvalue weighted by molar-refractivity contribution is 5.23. The number of rotatable bonds is 3. The first-order valence-corrected chi connectivity index (χ1v) is 5.76. The van der Waals surface area contributed by atoms with Gasteiger partial charge >= 0.3 is 5.92 Å². The van der Waals surface area contributed by atoms with Gasteiger partial charge in [-0.1, -0.05) is 5.11 Å². The fourth-order valence-corrected chi connectivity index (χ4v) is 2.01. The van der Waals surface area contributed by atoms with Crippen molar-refractivity contribution in [3.63, 3.8) is 0 Å². The molecule has 0 aromatic carbocycles. The summed E-state index contributed by atoms with van der Waals surface area (Å²) in [5.41, 5.74) is 10.5. The molecule has 0 spiro atoms. The molecule has 2 heterocycles. The number of nitrogens with two attached hydrogens (primary N) is 1. The third kappa shape index (κ3) is 2.21. The fraction of sp³-hybridized carbons (Fsp3) is 0.556. The lowest BCUT2D eigenvalue weighted by Crippen LogP contribution is -2.47. The molecule has 1 fully saturated rings. The van der Waals surface area contributed by atoms with Crippen molar-refractivity contribution in [2.24, 2.45) is 10.3 Å². The van der Waals surface area contributed by atoms with E-state index < -0.39 is 36.2 Å². The first-order valence-electron chi connectivity index (χ1n) is 5.76. The van der Waals surface area contributed by atoms with Crippen LogP contribution in [0.5, 0.6) is 0 Å². The van der Waals surface area contributed by atoms with E-state index in [9.17, 15) is 19.0 Å². The maximum Gasteiger partial charge on any atom is 0.320 e. The molecule has 0 saturated carbocycles. The maximum absolute atomic E-state index is 14.2. The molecule has 1 aliphatic heterocycles. The van der Waals surface area contributed by atoms with Crippen LogP contribution in [0.25, 0.3) is 10.4 Å². The Kier molecular flexibility index (Phi) is 3.89. The lowest BCUT2D eigenvalue weighted by molar-refractivity contribution is -0.145. The van der Waals surface area contributed by atoms with E-state index in [1.54, 1.807) is 0 Å². The topological polar surface area (TPSA) is 175 Å². The Morgan fingerprint density at radius 1 is 1.59 bits per heavy atom. The van der Waals surface area contributed by atoms with E-state index in [0.717, 1.165) is 12.3 Å². The monoisotopic (exact) mass is 319 g/mol. The van der Waals surface area contributed by atoms with Crippen LogP contribution in [-0.2, 0) is 4.74 Å². The number of nitrogens with zero attached hydrogens (tertiary/aromatic N) is 6. The summed E-state index contributed by atoms with van der Waals surface area (Å²) in [4.78, 5) is 5.80. The van der Waals surface area contributed by atoms with Crippen molar-refractivity contribution < 1.29 is 28.9 Å². The summed E-state index contributed by atoms with van der Waals surface area (Å²) in [5.74, 6) is -4.10. The van der Waals surface area contributed by atoms with Crippen LogP contribution in [0.15, 0.2) is 22.5 Å². The van der Waals surface area contributed by atoms with Gasteiger partial charge in [-0.2, -0.15) is 13.8 Å². The average Bonchev–Trinajstić information content (AvgIpc) is 2.69. The molecule has 0 amide bonds. The Bertz CT molecular complexity index is 689. The first-order chi connectivity index (χ1) is 10.3. The summed E-state index contributed by atoms with van der Waals surface area (Å²) in [6.45, 7) is -1.20. The van der Waals surface area contributed by atoms with Crippen LogP contribution in [0.3, 0.4) is 0 Å². The molecular formula is C9H11F2N7O4. The predicted octanol–water partition coefficient (Wildman–Crippen LogP) is -0.721. The van der Waals surface area contributed by atoms with Crippen LogP contribution < -0.4 is 11.4 Å². The number of ether oxygens (including phenoxy) is 1.